The summed E-state index contributed by atoms with van der Waals surface area (Å²) < 4.78 is 44.1. The van der Waals surface area contributed by atoms with E-state index in [0.29, 0.717) is 0 Å². The minimum Gasteiger partial charge on any atom is -0.504 e. The van der Waals surface area contributed by atoms with Crippen LogP contribution in [-0.4, -0.2) is 50.2 Å². The smallest absolute Gasteiger partial charge is 0.319 e. The minimum atomic E-state index is -4.22. The molecule has 30 heavy (non-hydrogen) atoms. The van der Waals surface area contributed by atoms with Crippen molar-refractivity contribution >= 4 is 33.2 Å². The van der Waals surface area contributed by atoms with Crippen LogP contribution in [0.3, 0.4) is 0 Å². The summed E-state index contributed by atoms with van der Waals surface area (Å²) in [5.41, 5.74) is 0.957. The van der Waals surface area contributed by atoms with Gasteiger partial charge in [-0.15, -0.1) is 0 Å². The molecule has 1 atom stereocenters. The normalized spacial score (nSPS) is 21.2. The van der Waals surface area contributed by atoms with Crippen LogP contribution in [0.1, 0.15) is 39.0 Å². The number of amides is 2. The third kappa shape index (κ3) is 4.29. The standard InChI is InChI=1S/C20H26ClFN2O5S/c1-13-3-2-4-15(13)23-19(26)24-16-6-5-14(21)18(17(16)25)30(27,28)20(7-10-22)8-11-29-12-9-20/h3,5-6,15,25H,2,4,7-12H2,1H3,(H2,23,24,26)/t15-/m1/s1. The van der Waals surface area contributed by atoms with Crippen LogP contribution in [0.2, 0.25) is 5.02 Å². The molecule has 1 aromatic rings. The maximum atomic E-state index is 13.5. The summed E-state index contributed by atoms with van der Waals surface area (Å²) >= 11 is 6.16. The van der Waals surface area contributed by atoms with Gasteiger partial charge in [-0.3, -0.25) is 4.39 Å². The molecule has 2 aliphatic rings. The first-order chi connectivity index (χ1) is 14.2. The summed E-state index contributed by atoms with van der Waals surface area (Å²) in [6.45, 7) is 1.44. The number of ether oxygens (including phenoxy) is 1. The lowest BCUT2D eigenvalue weighted by Crippen LogP contribution is -2.44. The number of halogens is 2. The molecule has 1 aliphatic carbocycles. The van der Waals surface area contributed by atoms with Gasteiger partial charge in [0.05, 0.1) is 28.2 Å². The number of hydrogen-bond donors (Lipinski definition) is 3. The molecule has 10 heteroatoms. The number of hydrogen-bond acceptors (Lipinski definition) is 5. The molecule has 1 saturated heterocycles. The molecule has 7 nitrogen and oxygen atoms in total. The highest BCUT2D eigenvalue weighted by molar-refractivity contribution is 7.93. The van der Waals surface area contributed by atoms with Gasteiger partial charge < -0.3 is 20.5 Å². The van der Waals surface area contributed by atoms with E-state index in [1.165, 1.54) is 12.1 Å². The van der Waals surface area contributed by atoms with Gasteiger partial charge in [0.25, 0.3) is 0 Å². The number of benzene rings is 1. The molecule has 0 aromatic heterocycles. The average Bonchev–Trinajstić information content (AvgIpc) is 3.09. The van der Waals surface area contributed by atoms with E-state index in [4.69, 9.17) is 16.3 Å². The summed E-state index contributed by atoms with van der Waals surface area (Å²) in [6.07, 6.45) is 3.65. The van der Waals surface area contributed by atoms with Gasteiger partial charge in [0.1, 0.15) is 4.90 Å². The fourth-order valence-corrected chi connectivity index (χ4v) is 6.67. The van der Waals surface area contributed by atoms with E-state index in [-0.39, 0.29) is 49.2 Å². The Morgan fingerprint density at radius 3 is 2.67 bits per heavy atom. The maximum absolute atomic E-state index is 13.5. The highest BCUT2D eigenvalue weighted by Crippen LogP contribution is 2.45. The van der Waals surface area contributed by atoms with Crippen molar-refractivity contribution in [3.8, 4) is 5.75 Å². The number of aromatic hydroxyl groups is 1. The van der Waals surface area contributed by atoms with Crippen molar-refractivity contribution in [2.75, 3.05) is 25.2 Å². The molecule has 0 spiro atoms. The molecule has 1 fully saturated rings. The second-order valence-electron chi connectivity index (χ2n) is 7.69. The number of carbonyl (C=O) groups excluding carboxylic acids is 1. The summed E-state index contributed by atoms with van der Waals surface area (Å²) in [6, 6.07) is 1.95. The summed E-state index contributed by atoms with van der Waals surface area (Å²) in [5, 5.41) is 15.8. The Morgan fingerprint density at radius 1 is 1.37 bits per heavy atom. The predicted octanol–water partition coefficient (Wildman–Crippen LogP) is 3.96. The molecule has 0 unspecified atom stereocenters. The lowest BCUT2D eigenvalue weighted by Gasteiger charge is -2.36. The molecule has 2 amide bonds. The van der Waals surface area contributed by atoms with Crippen LogP contribution >= 0.6 is 11.6 Å². The monoisotopic (exact) mass is 460 g/mol. The molecular weight excluding hydrogens is 435 g/mol. The highest BCUT2D eigenvalue weighted by atomic mass is 35.5. The molecule has 0 bridgehead atoms. The third-order valence-corrected chi connectivity index (χ3v) is 9.03. The molecular formula is C20H26ClFN2O5S. The number of urea groups is 1. The summed E-state index contributed by atoms with van der Waals surface area (Å²) in [5.74, 6) is -0.652. The van der Waals surface area contributed by atoms with Gasteiger partial charge in [0.2, 0.25) is 0 Å². The number of rotatable bonds is 6. The molecule has 1 heterocycles. The van der Waals surface area contributed by atoms with Gasteiger partial charge in [-0.1, -0.05) is 23.3 Å². The minimum absolute atomic E-state index is 0.0856. The van der Waals surface area contributed by atoms with E-state index in [1.54, 1.807) is 0 Å². The second-order valence-corrected chi connectivity index (χ2v) is 10.4. The Morgan fingerprint density at radius 2 is 2.07 bits per heavy atom. The van der Waals surface area contributed by atoms with E-state index in [1.807, 2.05) is 13.0 Å². The fourth-order valence-electron chi connectivity index (χ4n) is 4.04. The van der Waals surface area contributed by atoms with Gasteiger partial charge >= 0.3 is 6.03 Å². The second kappa shape index (κ2) is 9.11. The largest absolute Gasteiger partial charge is 0.504 e. The number of phenols is 1. The van der Waals surface area contributed by atoms with Crippen LogP contribution in [-0.2, 0) is 14.6 Å². The van der Waals surface area contributed by atoms with Crippen LogP contribution in [0.5, 0.6) is 5.75 Å². The zero-order valence-corrected chi connectivity index (χ0v) is 18.3. The summed E-state index contributed by atoms with van der Waals surface area (Å²) in [7, 11) is -4.22. The Bertz CT molecular complexity index is 939. The number of sulfone groups is 1. The van der Waals surface area contributed by atoms with E-state index < -0.39 is 37.9 Å². The Kier molecular flexibility index (Phi) is 6.94. The quantitative estimate of drug-likeness (QED) is 0.440. The van der Waals surface area contributed by atoms with Gasteiger partial charge in [-0.25, -0.2) is 13.2 Å². The van der Waals surface area contributed by atoms with Crippen molar-refractivity contribution in [3.05, 3.63) is 28.8 Å². The Hall–Kier alpha value is -1.84. The molecule has 0 radical (unpaired) electrons. The van der Waals surface area contributed by atoms with Crippen LogP contribution < -0.4 is 10.6 Å². The molecule has 1 aliphatic heterocycles. The fraction of sp³-hybridized carbons (Fsp3) is 0.550. The first kappa shape index (κ1) is 22.8. The Balaban J connectivity index is 1.92. The van der Waals surface area contributed by atoms with Gasteiger partial charge in [0, 0.05) is 13.2 Å². The van der Waals surface area contributed by atoms with E-state index in [9.17, 15) is 22.7 Å². The van der Waals surface area contributed by atoms with Gasteiger partial charge in [-0.2, -0.15) is 0 Å². The number of carbonyl (C=O) groups is 1. The highest BCUT2D eigenvalue weighted by Gasteiger charge is 2.47. The first-order valence-electron chi connectivity index (χ1n) is 9.86. The number of phenolic OH excluding ortho intramolecular Hbond substituents is 1. The van der Waals surface area contributed by atoms with Gasteiger partial charge in [0.15, 0.2) is 15.6 Å². The van der Waals surface area contributed by atoms with Gasteiger partial charge in [-0.05, 0) is 51.2 Å². The number of alkyl halides is 1. The van der Waals surface area contributed by atoms with E-state index in [0.717, 1.165) is 18.4 Å². The maximum Gasteiger partial charge on any atom is 0.319 e. The molecule has 0 saturated carbocycles. The SMILES string of the molecule is CC1=CCC[C@H]1NC(=O)Nc1ccc(Cl)c(S(=O)(=O)C2(CCF)CCOCC2)c1O. The predicted molar refractivity (Wildman–Crippen MR) is 113 cm³/mol. The number of allylic oxidation sites excluding steroid dienone is 1. The lowest BCUT2D eigenvalue weighted by molar-refractivity contribution is 0.0704. The van der Waals surface area contributed by atoms with Crippen molar-refractivity contribution in [1.29, 1.82) is 0 Å². The number of anilines is 1. The molecule has 3 N–H and O–H groups in total. The lowest BCUT2D eigenvalue weighted by atomic mass is 9.96. The molecule has 3 rings (SSSR count). The topological polar surface area (TPSA) is 105 Å². The van der Waals surface area contributed by atoms with Crippen LogP contribution in [0.25, 0.3) is 0 Å². The van der Waals surface area contributed by atoms with Crippen LogP contribution in [0.15, 0.2) is 28.7 Å². The zero-order chi connectivity index (χ0) is 21.9. The van der Waals surface area contributed by atoms with Crippen molar-refractivity contribution in [2.45, 2.75) is 54.7 Å². The van der Waals surface area contributed by atoms with E-state index >= 15 is 0 Å². The molecule has 166 valence electrons. The van der Waals surface area contributed by atoms with Crippen molar-refractivity contribution in [3.63, 3.8) is 0 Å². The van der Waals surface area contributed by atoms with Crippen molar-refractivity contribution in [1.82, 2.24) is 5.32 Å². The third-order valence-electron chi connectivity index (χ3n) is 5.90. The zero-order valence-electron chi connectivity index (χ0n) is 16.7. The molecule has 1 aromatic carbocycles. The average molecular weight is 461 g/mol. The van der Waals surface area contributed by atoms with Crippen LogP contribution in [0, 0.1) is 0 Å². The van der Waals surface area contributed by atoms with E-state index in [2.05, 4.69) is 10.6 Å². The van der Waals surface area contributed by atoms with Crippen LogP contribution in [0.4, 0.5) is 14.9 Å². The first-order valence-corrected chi connectivity index (χ1v) is 11.7. The van der Waals surface area contributed by atoms with Crippen molar-refractivity contribution in [2.24, 2.45) is 0 Å². The Labute approximate surface area is 180 Å². The van der Waals surface area contributed by atoms with Crippen molar-refractivity contribution < 1.29 is 27.4 Å². The number of nitrogens with one attached hydrogen (secondary N) is 2. The summed E-state index contributed by atoms with van der Waals surface area (Å²) in [4.78, 5) is 11.9.